The molecule has 0 aromatic heterocycles. The van der Waals surface area contributed by atoms with Crippen LogP contribution in [0.3, 0.4) is 0 Å². The van der Waals surface area contributed by atoms with Crippen molar-refractivity contribution < 1.29 is 19.5 Å². The van der Waals surface area contributed by atoms with Gasteiger partial charge >= 0.3 is 5.97 Å². The number of nitrogens with one attached hydrogen (secondary N) is 1. The van der Waals surface area contributed by atoms with E-state index in [2.05, 4.69) is 5.32 Å². The lowest BCUT2D eigenvalue weighted by Crippen LogP contribution is -2.37. The van der Waals surface area contributed by atoms with Gasteiger partial charge < -0.3 is 10.4 Å². The quantitative estimate of drug-likeness (QED) is 0.533. The van der Waals surface area contributed by atoms with E-state index in [0.717, 1.165) is 6.42 Å². The third-order valence-electron chi connectivity index (χ3n) is 4.55. The minimum absolute atomic E-state index is 0.00791. The number of allylic oxidation sites excluding steroid dienone is 2. The van der Waals surface area contributed by atoms with E-state index >= 15 is 0 Å². The molecule has 5 heteroatoms. The molecule has 0 aromatic carbocycles. The zero-order chi connectivity index (χ0) is 16.8. The Balaban J connectivity index is 2.39. The molecule has 124 valence electrons. The maximum atomic E-state index is 12.2. The van der Waals surface area contributed by atoms with Crippen LogP contribution in [0.15, 0.2) is 12.2 Å². The summed E-state index contributed by atoms with van der Waals surface area (Å²) in [6, 6.07) is 0. The van der Waals surface area contributed by atoms with E-state index in [1.807, 2.05) is 32.9 Å². The van der Waals surface area contributed by atoms with E-state index in [9.17, 15) is 19.5 Å². The van der Waals surface area contributed by atoms with Crippen LogP contribution in [-0.2, 0) is 14.4 Å². The average Bonchev–Trinajstić information content (AvgIpc) is 2.50. The van der Waals surface area contributed by atoms with Gasteiger partial charge in [-0.05, 0) is 25.7 Å². The van der Waals surface area contributed by atoms with Gasteiger partial charge in [-0.25, -0.2) is 0 Å². The third-order valence-corrected chi connectivity index (χ3v) is 4.55. The normalized spacial score (nSPS) is 21.4. The Labute approximate surface area is 132 Å². The Morgan fingerprint density at radius 2 is 1.77 bits per heavy atom. The first-order valence-electron chi connectivity index (χ1n) is 7.98. The van der Waals surface area contributed by atoms with E-state index in [4.69, 9.17) is 0 Å². The summed E-state index contributed by atoms with van der Waals surface area (Å²) in [7, 11) is 0. The van der Waals surface area contributed by atoms with Crippen molar-refractivity contribution in [1.29, 1.82) is 0 Å². The van der Waals surface area contributed by atoms with Gasteiger partial charge in [-0.3, -0.25) is 14.4 Å². The summed E-state index contributed by atoms with van der Waals surface area (Å²) >= 11 is 0. The predicted octanol–water partition coefficient (Wildman–Crippen LogP) is 2.56. The number of carbonyl (C=O) groups excluding carboxylic acids is 2. The molecule has 2 N–H and O–H groups in total. The lowest BCUT2D eigenvalue weighted by molar-refractivity contribution is -0.146. The first-order valence-corrected chi connectivity index (χ1v) is 7.98. The van der Waals surface area contributed by atoms with Crippen LogP contribution in [0.1, 0.15) is 52.9 Å². The van der Waals surface area contributed by atoms with Crippen molar-refractivity contribution in [1.82, 2.24) is 5.32 Å². The van der Waals surface area contributed by atoms with Crippen molar-refractivity contribution in [3.63, 3.8) is 0 Å². The van der Waals surface area contributed by atoms with E-state index in [1.54, 1.807) is 0 Å². The number of aliphatic carboxylic acids is 1. The molecular weight excluding hydrogens is 282 g/mol. The second-order valence-electron chi connectivity index (χ2n) is 6.56. The minimum atomic E-state index is -0.902. The maximum Gasteiger partial charge on any atom is 0.307 e. The molecule has 0 heterocycles. The fourth-order valence-electron chi connectivity index (χ4n) is 2.49. The highest BCUT2D eigenvalue weighted by atomic mass is 16.4. The van der Waals surface area contributed by atoms with Gasteiger partial charge in [-0.2, -0.15) is 0 Å². The molecule has 2 atom stereocenters. The molecule has 0 spiro atoms. The Bertz CT molecular complexity index is 454. The molecule has 0 fully saturated rings. The summed E-state index contributed by atoms with van der Waals surface area (Å²) in [6.45, 7) is 6.19. The van der Waals surface area contributed by atoms with Crippen LogP contribution in [0.25, 0.3) is 0 Å². The average molecular weight is 309 g/mol. The molecule has 0 aromatic rings. The molecule has 0 aliphatic heterocycles. The van der Waals surface area contributed by atoms with Crippen LogP contribution in [0.4, 0.5) is 0 Å². The molecular formula is C17H27NO4. The Kier molecular flexibility index (Phi) is 6.78. The molecule has 0 saturated carbocycles. The van der Waals surface area contributed by atoms with E-state index in [-0.39, 0.29) is 11.7 Å². The number of hydrogen-bond donors (Lipinski definition) is 2. The van der Waals surface area contributed by atoms with Crippen LogP contribution in [0, 0.1) is 17.3 Å². The molecule has 1 aliphatic rings. The van der Waals surface area contributed by atoms with Gasteiger partial charge in [0.25, 0.3) is 0 Å². The molecule has 5 nitrogen and oxygen atoms in total. The molecule has 1 amide bonds. The minimum Gasteiger partial charge on any atom is -0.481 e. The number of hydrogen-bond acceptors (Lipinski definition) is 3. The summed E-state index contributed by atoms with van der Waals surface area (Å²) in [5.74, 6) is -1.95. The Hall–Kier alpha value is -1.65. The topological polar surface area (TPSA) is 83.5 Å². The van der Waals surface area contributed by atoms with Gasteiger partial charge in [0.1, 0.15) is 5.78 Å². The van der Waals surface area contributed by atoms with Crippen molar-refractivity contribution in [2.24, 2.45) is 17.3 Å². The second kappa shape index (κ2) is 8.11. The number of carboxylic acids is 1. The fourth-order valence-corrected chi connectivity index (χ4v) is 2.49. The number of rotatable bonds is 8. The molecule has 22 heavy (non-hydrogen) atoms. The van der Waals surface area contributed by atoms with Crippen LogP contribution in [0.2, 0.25) is 0 Å². The largest absolute Gasteiger partial charge is 0.481 e. The Morgan fingerprint density at radius 1 is 1.18 bits per heavy atom. The van der Waals surface area contributed by atoms with Crippen LogP contribution in [0.5, 0.6) is 0 Å². The van der Waals surface area contributed by atoms with E-state index in [1.165, 1.54) is 0 Å². The van der Waals surface area contributed by atoms with Crippen LogP contribution < -0.4 is 5.32 Å². The highest BCUT2D eigenvalue weighted by molar-refractivity contribution is 5.87. The molecule has 0 radical (unpaired) electrons. The lowest BCUT2D eigenvalue weighted by Gasteiger charge is -2.24. The summed E-state index contributed by atoms with van der Waals surface area (Å²) in [6.07, 6.45) is 6.26. The Morgan fingerprint density at radius 3 is 2.32 bits per heavy atom. The van der Waals surface area contributed by atoms with Crippen molar-refractivity contribution in [3.05, 3.63) is 12.2 Å². The molecule has 1 rings (SSSR count). The van der Waals surface area contributed by atoms with Gasteiger partial charge in [-0.1, -0.05) is 32.9 Å². The maximum absolute atomic E-state index is 12.2. The standard InChI is InChI=1S/C17H27NO4/c1-4-17(2,3)16(22)18-11-7-10-14(19)12-8-5-6-9-13(12)15(20)21/h5-6,12-13H,4,7-11H2,1-3H3,(H,18,22)(H,20,21). The monoisotopic (exact) mass is 309 g/mol. The lowest BCUT2D eigenvalue weighted by atomic mass is 9.79. The van der Waals surface area contributed by atoms with Crippen molar-refractivity contribution in [2.75, 3.05) is 6.54 Å². The third kappa shape index (κ3) is 4.97. The second-order valence-corrected chi connectivity index (χ2v) is 6.56. The first-order chi connectivity index (χ1) is 10.3. The van der Waals surface area contributed by atoms with Gasteiger partial charge in [-0.15, -0.1) is 0 Å². The summed E-state index contributed by atoms with van der Waals surface area (Å²) in [4.78, 5) is 35.3. The van der Waals surface area contributed by atoms with Crippen molar-refractivity contribution in [3.8, 4) is 0 Å². The smallest absolute Gasteiger partial charge is 0.307 e. The number of carbonyl (C=O) groups is 3. The van der Waals surface area contributed by atoms with Crippen molar-refractivity contribution in [2.45, 2.75) is 52.9 Å². The zero-order valence-corrected chi connectivity index (χ0v) is 13.7. The predicted molar refractivity (Wildman–Crippen MR) is 84.3 cm³/mol. The zero-order valence-electron chi connectivity index (χ0n) is 13.7. The molecule has 0 saturated heterocycles. The van der Waals surface area contributed by atoms with Gasteiger partial charge in [0.15, 0.2) is 0 Å². The summed E-state index contributed by atoms with van der Waals surface area (Å²) in [5.41, 5.74) is -0.396. The molecule has 2 unspecified atom stereocenters. The number of Topliss-reactive ketones (excluding diaryl/α,β-unsaturated/α-hetero) is 1. The van der Waals surface area contributed by atoms with Gasteiger partial charge in [0, 0.05) is 24.3 Å². The fraction of sp³-hybridized carbons (Fsp3) is 0.706. The SMILES string of the molecule is CCC(C)(C)C(=O)NCCCC(=O)C1CC=CCC1C(=O)O. The number of carboxylic acid groups (broad SMARTS) is 1. The first kappa shape index (κ1) is 18.4. The highest BCUT2D eigenvalue weighted by Gasteiger charge is 2.33. The van der Waals surface area contributed by atoms with Crippen LogP contribution in [-0.4, -0.2) is 29.3 Å². The summed E-state index contributed by atoms with van der Waals surface area (Å²) < 4.78 is 0. The number of ketones is 1. The number of amides is 1. The van der Waals surface area contributed by atoms with E-state index < -0.39 is 23.2 Å². The molecule has 1 aliphatic carbocycles. The molecule has 0 bridgehead atoms. The van der Waals surface area contributed by atoms with Crippen LogP contribution >= 0.6 is 0 Å². The van der Waals surface area contributed by atoms with Gasteiger partial charge in [0.2, 0.25) is 5.91 Å². The highest BCUT2D eigenvalue weighted by Crippen LogP contribution is 2.28. The van der Waals surface area contributed by atoms with Crippen molar-refractivity contribution >= 4 is 17.7 Å². The van der Waals surface area contributed by atoms with E-state index in [0.29, 0.717) is 32.2 Å². The van der Waals surface area contributed by atoms with Gasteiger partial charge in [0.05, 0.1) is 5.92 Å². The summed E-state index contributed by atoms with van der Waals surface area (Å²) in [5, 5.41) is 12.0.